The summed E-state index contributed by atoms with van der Waals surface area (Å²) in [7, 11) is 1.55. The molecular formula is C18H12O4. The third-order valence-corrected chi connectivity index (χ3v) is 3.90. The maximum atomic E-state index is 12.3. The van der Waals surface area contributed by atoms with Gasteiger partial charge >= 0.3 is 5.63 Å². The first kappa shape index (κ1) is 12.7. The summed E-state index contributed by atoms with van der Waals surface area (Å²) in [6.07, 6.45) is 0. The Morgan fingerprint density at radius 3 is 2.64 bits per heavy atom. The van der Waals surface area contributed by atoms with Gasteiger partial charge in [-0.2, -0.15) is 0 Å². The maximum Gasteiger partial charge on any atom is 0.344 e. The minimum absolute atomic E-state index is 0.0653. The molecule has 22 heavy (non-hydrogen) atoms. The monoisotopic (exact) mass is 292 g/mol. The van der Waals surface area contributed by atoms with Crippen molar-refractivity contribution in [2.45, 2.75) is 0 Å². The molecule has 0 aliphatic rings. The van der Waals surface area contributed by atoms with E-state index in [0.717, 1.165) is 5.39 Å². The largest absolute Gasteiger partial charge is 0.507 e. The highest BCUT2D eigenvalue weighted by Crippen LogP contribution is 2.40. The number of hydrogen-bond donors (Lipinski definition) is 1. The van der Waals surface area contributed by atoms with Crippen LogP contribution in [0.3, 0.4) is 0 Å². The summed E-state index contributed by atoms with van der Waals surface area (Å²) < 4.78 is 10.7. The molecule has 1 aromatic heterocycles. The number of fused-ring (bicyclic) bond motifs is 4. The molecule has 108 valence electrons. The fourth-order valence-corrected chi connectivity index (χ4v) is 2.91. The second kappa shape index (κ2) is 4.49. The van der Waals surface area contributed by atoms with Gasteiger partial charge in [0.15, 0.2) is 0 Å². The van der Waals surface area contributed by atoms with Gasteiger partial charge in [-0.25, -0.2) is 4.79 Å². The molecule has 0 saturated carbocycles. The predicted molar refractivity (Wildman–Crippen MR) is 85.7 cm³/mol. The summed E-state index contributed by atoms with van der Waals surface area (Å²) in [6.45, 7) is 0. The molecular weight excluding hydrogens is 280 g/mol. The first-order valence-electron chi connectivity index (χ1n) is 6.85. The van der Waals surface area contributed by atoms with Crippen LogP contribution in [0.5, 0.6) is 11.5 Å². The Balaban J connectivity index is 2.39. The SMILES string of the molecule is COc1cccc2oc(=O)c3cc4ccccc4c(O)c3c12. The van der Waals surface area contributed by atoms with E-state index in [1.54, 1.807) is 31.4 Å². The van der Waals surface area contributed by atoms with Crippen LogP contribution in [0.1, 0.15) is 0 Å². The zero-order valence-corrected chi connectivity index (χ0v) is 11.8. The minimum Gasteiger partial charge on any atom is -0.507 e. The van der Waals surface area contributed by atoms with Crippen molar-refractivity contribution in [1.29, 1.82) is 0 Å². The first-order valence-corrected chi connectivity index (χ1v) is 6.85. The lowest BCUT2D eigenvalue weighted by Crippen LogP contribution is -2.01. The summed E-state index contributed by atoms with van der Waals surface area (Å²) in [6, 6.07) is 14.3. The highest BCUT2D eigenvalue weighted by Gasteiger charge is 2.17. The lowest BCUT2D eigenvalue weighted by molar-refractivity contribution is 0.419. The van der Waals surface area contributed by atoms with E-state index in [-0.39, 0.29) is 5.75 Å². The van der Waals surface area contributed by atoms with Crippen LogP contribution in [-0.2, 0) is 0 Å². The topological polar surface area (TPSA) is 59.7 Å². The number of ether oxygens (including phenoxy) is 1. The molecule has 0 fully saturated rings. The average Bonchev–Trinajstić information content (AvgIpc) is 2.55. The Labute approximate surface area is 125 Å². The van der Waals surface area contributed by atoms with E-state index in [4.69, 9.17) is 9.15 Å². The number of aromatic hydroxyl groups is 1. The summed E-state index contributed by atoms with van der Waals surface area (Å²) in [5, 5.41) is 13.6. The zero-order chi connectivity index (χ0) is 15.3. The van der Waals surface area contributed by atoms with Gasteiger partial charge in [-0.1, -0.05) is 30.3 Å². The van der Waals surface area contributed by atoms with Crippen LogP contribution < -0.4 is 10.4 Å². The lowest BCUT2D eigenvalue weighted by atomic mass is 10.00. The van der Waals surface area contributed by atoms with Crippen molar-refractivity contribution in [3.05, 3.63) is 59.0 Å². The molecule has 0 radical (unpaired) electrons. The van der Waals surface area contributed by atoms with E-state index in [9.17, 15) is 9.90 Å². The molecule has 4 rings (SSSR count). The third kappa shape index (κ3) is 1.61. The highest BCUT2D eigenvalue weighted by molar-refractivity contribution is 6.16. The fraction of sp³-hybridized carbons (Fsp3) is 0.0556. The van der Waals surface area contributed by atoms with Gasteiger partial charge in [-0.15, -0.1) is 0 Å². The molecule has 0 saturated heterocycles. The van der Waals surface area contributed by atoms with Gasteiger partial charge < -0.3 is 14.3 Å². The minimum atomic E-state index is -0.475. The van der Waals surface area contributed by atoms with Crippen molar-refractivity contribution in [1.82, 2.24) is 0 Å². The number of phenolic OH excluding ortho intramolecular Hbond substituents is 1. The van der Waals surface area contributed by atoms with Gasteiger partial charge in [0.1, 0.15) is 17.1 Å². The van der Waals surface area contributed by atoms with Crippen molar-refractivity contribution < 1.29 is 14.3 Å². The predicted octanol–water partition coefficient (Wildman–Crippen LogP) is 3.81. The third-order valence-electron chi connectivity index (χ3n) is 3.90. The van der Waals surface area contributed by atoms with Crippen LogP contribution in [0.25, 0.3) is 32.5 Å². The van der Waals surface area contributed by atoms with Gasteiger partial charge in [0, 0.05) is 10.8 Å². The van der Waals surface area contributed by atoms with E-state index >= 15 is 0 Å². The molecule has 3 aromatic carbocycles. The number of rotatable bonds is 1. The molecule has 4 aromatic rings. The van der Waals surface area contributed by atoms with Crippen LogP contribution in [-0.4, -0.2) is 12.2 Å². The molecule has 0 aliphatic heterocycles. The fourth-order valence-electron chi connectivity index (χ4n) is 2.91. The average molecular weight is 292 g/mol. The maximum absolute atomic E-state index is 12.3. The number of methoxy groups -OCH3 is 1. The molecule has 4 heteroatoms. The Hall–Kier alpha value is -3.01. The molecule has 0 atom stereocenters. The summed E-state index contributed by atoms with van der Waals surface area (Å²) >= 11 is 0. The Kier molecular flexibility index (Phi) is 2.60. The highest BCUT2D eigenvalue weighted by atomic mass is 16.5. The summed E-state index contributed by atoms with van der Waals surface area (Å²) in [5.41, 5.74) is -0.0840. The standard InChI is InChI=1S/C18H12O4/c1-21-13-7-4-8-14-16(13)15-12(18(20)22-14)9-10-5-2-3-6-11(10)17(15)19/h2-9,19H,1H3. The quantitative estimate of drug-likeness (QED) is 0.329. The van der Waals surface area contributed by atoms with Crippen molar-refractivity contribution in [3.8, 4) is 11.5 Å². The van der Waals surface area contributed by atoms with Gasteiger partial charge in [0.25, 0.3) is 0 Å². The molecule has 0 bridgehead atoms. The van der Waals surface area contributed by atoms with Gasteiger partial charge in [0.2, 0.25) is 0 Å². The van der Waals surface area contributed by atoms with Crippen LogP contribution >= 0.6 is 0 Å². The van der Waals surface area contributed by atoms with E-state index in [0.29, 0.717) is 32.9 Å². The zero-order valence-electron chi connectivity index (χ0n) is 11.8. The van der Waals surface area contributed by atoms with Crippen molar-refractivity contribution in [2.24, 2.45) is 0 Å². The normalized spacial score (nSPS) is 11.3. The molecule has 1 heterocycles. The summed E-state index contributed by atoms with van der Waals surface area (Å²) in [5.74, 6) is 0.618. The van der Waals surface area contributed by atoms with E-state index in [2.05, 4.69) is 0 Å². The van der Waals surface area contributed by atoms with E-state index < -0.39 is 5.63 Å². The number of hydrogen-bond acceptors (Lipinski definition) is 4. The van der Waals surface area contributed by atoms with Crippen molar-refractivity contribution >= 4 is 32.5 Å². The number of benzene rings is 3. The van der Waals surface area contributed by atoms with Crippen LogP contribution in [0.4, 0.5) is 0 Å². The van der Waals surface area contributed by atoms with Gasteiger partial charge in [-0.05, 0) is 23.6 Å². The van der Waals surface area contributed by atoms with Crippen LogP contribution in [0, 0.1) is 0 Å². The van der Waals surface area contributed by atoms with E-state index in [1.807, 2.05) is 24.3 Å². The van der Waals surface area contributed by atoms with Gasteiger partial charge in [0.05, 0.1) is 17.9 Å². The van der Waals surface area contributed by atoms with E-state index in [1.165, 1.54) is 0 Å². The Bertz CT molecular complexity index is 1090. The molecule has 0 aliphatic carbocycles. The molecule has 0 spiro atoms. The molecule has 0 amide bonds. The Morgan fingerprint density at radius 2 is 1.82 bits per heavy atom. The number of phenols is 1. The van der Waals surface area contributed by atoms with Crippen LogP contribution in [0.2, 0.25) is 0 Å². The molecule has 1 N–H and O–H groups in total. The van der Waals surface area contributed by atoms with Crippen molar-refractivity contribution in [2.75, 3.05) is 7.11 Å². The molecule has 4 nitrogen and oxygen atoms in total. The van der Waals surface area contributed by atoms with Gasteiger partial charge in [-0.3, -0.25) is 0 Å². The smallest absolute Gasteiger partial charge is 0.344 e. The molecule has 0 unspecified atom stereocenters. The van der Waals surface area contributed by atoms with Crippen LogP contribution in [0.15, 0.2) is 57.7 Å². The lowest BCUT2D eigenvalue weighted by Gasteiger charge is -2.10. The van der Waals surface area contributed by atoms with Crippen molar-refractivity contribution in [3.63, 3.8) is 0 Å². The first-order chi connectivity index (χ1) is 10.7. The Morgan fingerprint density at radius 1 is 1.00 bits per heavy atom. The second-order valence-electron chi connectivity index (χ2n) is 5.09. The summed E-state index contributed by atoms with van der Waals surface area (Å²) in [4.78, 5) is 12.3. The second-order valence-corrected chi connectivity index (χ2v) is 5.09.